The highest BCUT2D eigenvalue weighted by molar-refractivity contribution is 5.81. The van der Waals surface area contributed by atoms with Crippen molar-refractivity contribution in [2.24, 2.45) is 5.73 Å². The molecule has 1 aliphatic carbocycles. The van der Waals surface area contributed by atoms with Gasteiger partial charge in [0, 0.05) is 12.8 Å². The van der Waals surface area contributed by atoms with Gasteiger partial charge >= 0.3 is 0 Å². The van der Waals surface area contributed by atoms with Crippen molar-refractivity contribution < 1.29 is 4.79 Å². The molecule has 2 heteroatoms. The van der Waals surface area contributed by atoms with Crippen molar-refractivity contribution >= 4 is 5.78 Å². The summed E-state index contributed by atoms with van der Waals surface area (Å²) in [4.78, 5) is 11.3. The SMILES string of the molecule is NCCc1ccccc1C1CCC(=O)C1. The molecule has 1 unspecified atom stereocenters. The van der Waals surface area contributed by atoms with E-state index in [4.69, 9.17) is 5.73 Å². The van der Waals surface area contributed by atoms with Crippen LogP contribution in [0.5, 0.6) is 0 Å². The lowest BCUT2D eigenvalue weighted by Crippen LogP contribution is -2.07. The molecule has 1 saturated carbocycles. The van der Waals surface area contributed by atoms with Gasteiger partial charge < -0.3 is 5.73 Å². The van der Waals surface area contributed by atoms with E-state index in [1.807, 2.05) is 6.07 Å². The van der Waals surface area contributed by atoms with E-state index >= 15 is 0 Å². The highest BCUT2D eigenvalue weighted by atomic mass is 16.1. The minimum Gasteiger partial charge on any atom is -0.330 e. The quantitative estimate of drug-likeness (QED) is 0.816. The maximum Gasteiger partial charge on any atom is 0.133 e. The molecular formula is C13H17NO. The first-order valence-corrected chi connectivity index (χ1v) is 5.61. The van der Waals surface area contributed by atoms with E-state index in [1.165, 1.54) is 11.1 Å². The highest BCUT2D eigenvalue weighted by Crippen LogP contribution is 2.33. The van der Waals surface area contributed by atoms with Crippen molar-refractivity contribution in [1.29, 1.82) is 0 Å². The third kappa shape index (κ3) is 2.26. The molecule has 15 heavy (non-hydrogen) atoms. The Morgan fingerprint density at radius 1 is 1.33 bits per heavy atom. The van der Waals surface area contributed by atoms with Crippen LogP contribution in [0.1, 0.15) is 36.3 Å². The van der Waals surface area contributed by atoms with Crippen LogP contribution in [-0.2, 0) is 11.2 Å². The predicted molar refractivity (Wildman–Crippen MR) is 60.8 cm³/mol. The van der Waals surface area contributed by atoms with Crippen LogP contribution >= 0.6 is 0 Å². The molecular weight excluding hydrogens is 186 g/mol. The summed E-state index contributed by atoms with van der Waals surface area (Å²) in [6.07, 6.45) is 3.41. The molecule has 1 aromatic carbocycles. The van der Waals surface area contributed by atoms with Crippen LogP contribution in [0.2, 0.25) is 0 Å². The molecule has 0 aliphatic heterocycles. The standard InChI is InChI=1S/C13H17NO/c14-8-7-10-3-1-2-4-13(10)11-5-6-12(15)9-11/h1-4,11H,5-9,14H2. The smallest absolute Gasteiger partial charge is 0.133 e. The second kappa shape index (κ2) is 4.58. The normalized spacial score (nSPS) is 20.9. The van der Waals surface area contributed by atoms with E-state index < -0.39 is 0 Å². The maximum atomic E-state index is 11.3. The summed E-state index contributed by atoms with van der Waals surface area (Å²) in [7, 11) is 0. The van der Waals surface area contributed by atoms with Crippen LogP contribution in [0.15, 0.2) is 24.3 Å². The van der Waals surface area contributed by atoms with Gasteiger partial charge in [-0.1, -0.05) is 24.3 Å². The summed E-state index contributed by atoms with van der Waals surface area (Å²) in [5, 5.41) is 0. The van der Waals surface area contributed by atoms with E-state index in [0.29, 0.717) is 18.2 Å². The van der Waals surface area contributed by atoms with Crippen LogP contribution < -0.4 is 5.73 Å². The molecule has 0 bridgehead atoms. The number of benzene rings is 1. The zero-order chi connectivity index (χ0) is 10.7. The summed E-state index contributed by atoms with van der Waals surface area (Å²) in [6.45, 7) is 0.678. The Morgan fingerprint density at radius 2 is 2.13 bits per heavy atom. The number of carbonyl (C=O) groups is 1. The summed E-state index contributed by atoms with van der Waals surface area (Å²) in [5.41, 5.74) is 8.25. The third-order valence-corrected chi connectivity index (χ3v) is 3.15. The Hall–Kier alpha value is -1.15. The zero-order valence-electron chi connectivity index (χ0n) is 8.91. The largest absolute Gasteiger partial charge is 0.330 e. The van der Waals surface area contributed by atoms with Gasteiger partial charge in [0.15, 0.2) is 0 Å². The predicted octanol–water partition coefficient (Wildman–Crippen LogP) is 2.02. The molecule has 1 aliphatic rings. The van der Waals surface area contributed by atoms with Crippen molar-refractivity contribution in [3.05, 3.63) is 35.4 Å². The van der Waals surface area contributed by atoms with Gasteiger partial charge in [-0.3, -0.25) is 4.79 Å². The molecule has 0 amide bonds. The Kier molecular flexibility index (Phi) is 3.17. The average molecular weight is 203 g/mol. The van der Waals surface area contributed by atoms with Gasteiger partial charge in [0.1, 0.15) is 5.78 Å². The van der Waals surface area contributed by atoms with Gasteiger partial charge in [0.25, 0.3) is 0 Å². The van der Waals surface area contributed by atoms with Gasteiger partial charge in [-0.15, -0.1) is 0 Å². The summed E-state index contributed by atoms with van der Waals surface area (Å²) in [5.74, 6) is 0.850. The highest BCUT2D eigenvalue weighted by Gasteiger charge is 2.24. The number of rotatable bonds is 3. The first-order chi connectivity index (χ1) is 7.31. The van der Waals surface area contributed by atoms with E-state index in [9.17, 15) is 4.79 Å². The van der Waals surface area contributed by atoms with Crippen LogP contribution in [0.25, 0.3) is 0 Å². The fraction of sp³-hybridized carbons (Fsp3) is 0.462. The molecule has 2 N–H and O–H groups in total. The second-order valence-corrected chi connectivity index (χ2v) is 4.22. The Labute approximate surface area is 90.5 Å². The lowest BCUT2D eigenvalue weighted by molar-refractivity contribution is -0.117. The molecule has 80 valence electrons. The van der Waals surface area contributed by atoms with E-state index in [2.05, 4.69) is 18.2 Å². The number of nitrogens with two attached hydrogens (primary N) is 1. The van der Waals surface area contributed by atoms with Crippen LogP contribution in [0, 0.1) is 0 Å². The minimum absolute atomic E-state index is 0.405. The average Bonchev–Trinajstić information content (AvgIpc) is 2.66. The van der Waals surface area contributed by atoms with Crippen molar-refractivity contribution in [2.45, 2.75) is 31.6 Å². The Balaban J connectivity index is 2.22. The van der Waals surface area contributed by atoms with Gasteiger partial charge in [-0.25, -0.2) is 0 Å². The maximum absolute atomic E-state index is 11.3. The molecule has 0 spiro atoms. The van der Waals surface area contributed by atoms with Gasteiger partial charge in [0.05, 0.1) is 0 Å². The fourth-order valence-corrected chi connectivity index (χ4v) is 2.40. The van der Waals surface area contributed by atoms with E-state index in [0.717, 1.165) is 25.7 Å². The molecule has 0 heterocycles. The molecule has 1 aromatic rings. The molecule has 0 radical (unpaired) electrons. The number of carbonyl (C=O) groups excluding carboxylic acids is 1. The van der Waals surface area contributed by atoms with Crippen molar-refractivity contribution in [2.75, 3.05) is 6.54 Å². The minimum atomic E-state index is 0.405. The summed E-state index contributed by atoms with van der Waals surface area (Å²) < 4.78 is 0. The second-order valence-electron chi connectivity index (χ2n) is 4.22. The van der Waals surface area contributed by atoms with Crippen LogP contribution in [-0.4, -0.2) is 12.3 Å². The lowest BCUT2D eigenvalue weighted by Gasteiger charge is -2.13. The Morgan fingerprint density at radius 3 is 2.80 bits per heavy atom. The topological polar surface area (TPSA) is 43.1 Å². The van der Waals surface area contributed by atoms with Crippen LogP contribution in [0.4, 0.5) is 0 Å². The fourth-order valence-electron chi connectivity index (χ4n) is 2.40. The number of ketones is 1. The van der Waals surface area contributed by atoms with E-state index in [-0.39, 0.29) is 0 Å². The zero-order valence-corrected chi connectivity index (χ0v) is 8.91. The van der Waals surface area contributed by atoms with Gasteiger partial charge in [-0.2, -0.15) is 0 Å². The Bertz CT molecular complexity index is 359. The first kappa shape index (κ1) is 10.4. The van der Waals surface area contributed by atoms with Crippen LogP contribution in [0.3, 0.4) is 0 Å². The van der Waals surface area contributed by atoms with E-state index in [1.54, 1.807) is 0 Å². The lowest BCUT2D eigenvalue weighted by atomic mass is 9.91. The molecule has 1 fully saturated rings. The summed E-state index contributed by atoms with van der Waals surface area (Å²) in [6, 6.07) is 8.38. The van der Waals surface area contributed by atoms with Gasteiger partial charge in [-0.05, 0) is 36.4 Å². The van der Waals surface area contributed by atoms with Gasteiger partial charge in [0.2, 0.25) is 0 Å². The molecule has 2 nitrogen and oxygen atoms in total. The molecule has 0 saturated heterocycles. The number of Topliss-reactive ketones (excluding diaryl/α,β-unsaturated/α-hetero) is 1. The molecule has 2 rings (SSSR count). The molecule has 0 aromatic heterocycles. The summed E-state index contributed by atoms with van der Waals surface area (Å²) >= 11 is 0. The van der Waals surface area contributed by atoms with Crippen molar-refractivity contribution in [3.8, 4) is 0 Å². The number of hydrogen-bond donors (Lipinski definition) is 1. The van der Waals surface area contributed by atoms with Crippen molar-refractivity contribution in [1.82, 2.24) is 0 Å². The monoisotopic (exact) mass is 203 g/mol. The molecule has 1 atom stereocenters. The number of hydrogen-bond acceptors (Lipinski definition) is 2. The third-order valence-electron chi connectivity index (χ3n) is 3.15. The van der Waals surface area contributed by atoms with Crippen molar-refractivity contribution in [3.63, 3.8) is 0 Å². The first-order valence-electron chi connectivity index (χ1n) is 5.61.